The topological polar surface area (TPSA) is 61.8 Å². The number of hydrogen-bond donors (Lipinski definition) is 2. The third kappa shape index (κ3) is 6.42. The van der Waals surface area contributed by atoms with Crippen molar-refractivity contribution in [2.45, 2.75) is 52.2 Å². The van der Waals surface area contributed by atoms with Crippen LogP contribution in [0.4, 0.5) is 0 Å². The zero-order valence-electron chi connectivity index (χ0n) is 15.8. The molecule has 1 heterocycles. The molecule has 2 N–H and O–H groups in total. The number of amides is 1. The normalized spacial score (nSPS) is 17.4. The Labute approximate surface area is 151 Å². The van der Waals surface area contributed by atoms with Gasteiger partial charge in [0.2, 0.25) is 5.91 Å². The van der Waals surface area contributed by atoms with E-state index >= 15 is 0 Å². The quantitative estimate of drug-likeness (QED) is 0.708. The van der Waals surface area contributed by atoms with E-state index < -0.39 is 0 Å². The van der Waals surface area contributed by atoms with Crippen LogP contribution in [0.5, 0.6) is 0 Å². The van der Waals surface area contributed by atoms with E-state index in [-0.39, 0.29) is 24.7 Å². The Morgan fingerprint density at radius 1 is 1.32 bits per heavy atom. The summed E-state index contributed by atoms with van der Waals surface area (Å²) in [5.74, 6) is 0.0744. The second-order valence-corrected chi connectivity index (χ2v) is 7.06. The van der Waals surface area contributed by atoms with E-state index in [1.54, 1.807) is 0 Å². The second-order valence-electron chi connectivity index (χ2n) is 7.06. The van der Waals surface area contributed by atoms with Gasteiger partial charge in [-0.25, -0.2) is 0 Å². The number of ether oxygens (including phenoxy) is 1. The Kier molecular flexibility index (Phi) is 7.88. The van der Waals surface area contributed by atoms with Gasteiger partial charge >= 0.3 is 0 Å². The Morgan fingerprint density at radius 2 is 2.04 bits per heavy atom. The van der Waals surface area contributed by atoms with Gasteiger partial charge in [0.05, 0.1) is 18.7 Å². The molecule has 25 heavy (non-hydrogen) atoms. The van der Waals surface area contributed by atoms with Crippen LogP contribution in [0.1, 0.15) is 48.9 Å². The van der Waals surface area contributed by atoms with Gasteiger partial charge in [-0.1, -0.05) is 18.2 Å². The van der Waals surface area contributed by atoms with Crippen molar-refractivity contribution in [3.63, 3.8) is 0 Å². The Bertz CT molecular complexity index is 554. The fourth-order valence-corrected chi connectivity index (χ4v) is 3.16. The number of aliphatic hydroxyl groups excluding tert-OH is 1. The number of carbonyl (C=O) groups is 1. The van der Waals surface area contributed by atoms with Gasteiger partial charge in [-0.15, -0.1) is 0 Å². The molecule has 1 aliphatic heterocycles. The van der Waals surface area contributed by atoms with Crippen molar-refractivity contribution in [2.75, 3.05) is 32.8 Å². The van der Waals surface area contributed by atoms with Crippen molar-refractivity contribution in [1.82, 2.24) is 10.2 Å². The molecule has 0 saturated carbocycles. The summed E-state index contributed by atoms with van der Waals surface area (Å²) >= 11 is 0. The van der Waals surface area contributed by atoms with Crippen LogP contribution in [0.2, 0.25) is 0 Å². The number of carbonyl (C=O) groups excluding carboxylic acids is 1. The predicted octanol–water partition coefficient (Wildman–Crippen LogP) is 2.34. The first kappa shape index (κ1) is 19.9. The molecule has 1 unspecified atom stereocenters. The minimum atomic E-state index is 0.0196. The van der Waals surface area contributed by atoms with Crippen molar-refractivity contribution in [2.24, 2.45) is 0 Å². The lowest BCUT2D eigenvalue weighted by molar-refractivity contribution is -0.123. The highest BCUT2D eigenvalue weighted by atomic mass is 16.5. The van der Waals surface area contributed by atoms with E-state index in [1.165, 1.54) is 11.1 Å². The first-order valence-corrected chi connectivity index (χ1v) is 9.31. The third-order valence-electron chi connectivity index (χ3n) is 4.97. The van der Waals surface area contributed by atoms with Crippen molar-refractivity contribution >= 4 is 5.91 Å². The van der Waals surface area contributed by atoms with Crippen LogP contribution in [0.25, 0.3) is 0 Å². The van der Waals surface area contributed by atoms with Crippen LogP contribution in [0.15, 0.2) is 18.2 Å². The Balaban J connectivity index is 1.72. The summed E-state index contributed by atoms with van der Waals surface area (Å²) in [5, 5.41) is 11.9. The van der Waals surface area contributed by atoms with Crippen molar-refractivity contribution in [3.05, 3.63) is 34.9 Å². The maximum Gasteiger partial charge on any atom is 0.234 e. The molecule has 0 aliphatic carbocycles. The van der Waals surface area contributed by atoms with Crippen molar-refractivity contribution < 1.29 is 14.6 Å². The SMILES string of the molecule is Cc1ccc(C(C)NC(=O)CN2CCC(OCCCO)CC2)cc1C. The lowest BCUT2D eigenvalue weighted by Gasteiger charge is -2.31. The van der Waals surface area contributed by atoms with Crippen LogP contribution in [0.3, 0.4) is 0 Å². The van der Waals surface area contributed by atoms with Gasteiger partial charge < -0.3 is 15.2 Å². The van der Waals surface area contributed by atoms with E-state index in [1.807, 2.05) is 6.92 Å². The zero-order valence-corrected chi connectivity index (χ0v) is 15.8. The summed E-state index contributed by atoms with van der Waals surface area (Å²) in [6.07, 6.45) is 2.86. The largest absolute Gasteiger partial charge is 0.396 e. The molecular weight excluding hydrogens is 316 g/mol. The molecule has 1 saturated heterocycles. The van der Waals surface area contributed by atoms with E-state index in [4.69, 9.17) is 9.84 Å². The van der Waals surface area contributed by atoms with Crippen molar-refractivity contribution in [3.8, 4) is 0 Å². The van der Waals surface area contributed by atoms with Gasteiger partial charge in [0.15, 0.2) is 0 Å². The molecule has 0 aromatic heterocycles. The molecule has 0 bridgehead atoms. The molecule has 1 aromatic rings. The molecule has 5 nitrogen and oxygen atoms in total. The number of nitrogens with zero attached hydrogens (tertiary/aromatic N) is 1. The molecule has 1 amide bonds. The van der Waals surface area contributed by atoms with Crippen molar-refractivity contribution in [1.29, 1.82) is 0 Å². The van der Waals surface area contributed by atoms with E-state index in [0.717, 1.165) is 31.5 Å². The number of likely N-dealkylation sites (tertiary alicyclic amines) is 1. The molecule has 0 spiro atoms. The number of piperidine rings is 1. The summed E-state index contributed by atoms with van der Waals surface area (Å²) in [6, 6.07) is 6.36. The summed E-state index contributed by atoms with van der Waals surface area (Å²) in [6.45, 7) is 9.23. The lowest BCUT2D eigenvalue weighted by Crippen LogP contribution is -2.43. The summed E-state index contributed by atoms with van der Waals surface area (Å²) in [5.41, 5.74) is 3.67. The first-order valence-electron chi connectivity index (χ1n) is 9.31. The smallest absolute Gasteiger partial charge is 0.234 e. The highest BCUT2D eigenvalue weighted by Gasteiger charge is 2.21. The second kappa shape index (κ2) is 9.90. The van der Waals surface area contributed by atoms with E-state index in [9.17, 15) is 4.79 Å². The fraction of sp³-hybridized carbons (Fsp3) is 0.650. The lowest BCUT2D eigenvalue weighted by atomic mass is 10.0. The van der Waals surface area contributed by atoms with Gasteiger partial charge in [-0.05, 0) is 56.7 Å². The molecule has 140 valence electrons. The predicted molar refractivity (Wildman–Crippen MR) is 99.6 cm³/mol. The van der Waals surface area contributed by atoms with Gasteiger partial charge in [0, 0.05) is 26.3 Å². The van der Waals surface area contributed by atoms with Crippen LogP contribution < -0.4 is 5.32 Å². The molecule has 1 aromatic carbocycles. The zero-order chi connectivity index (χ0) is 18.2. The molecule has 1 aliphatic rings. The van der Waals surface area contributed by atoms with Crippen LogP contribution in [0, 0.1) is 13.8 Å². The fourth-order valence-electron chi connectivity index (χ4n) is 3.16. The highest BCUT2D eigenvalue weighted by Crippen LogP contribution is 2.17. The molecule has 0 radical (unpaired) electrons. The van der Waals surface area contributed by atoms with Gasteiger partial charge in [0.25, 0.3) is 0 Å². The van der Waals surface area contributed by atoms with Crippen LogP contribution in [-0.4, -0.2) is 54.9 Å². The van der Waals surface area contributed by atoms with E-state index in [2.05, 4.69) is 42.3 Å². The average Bonchev–Trinajstić information content (AvgIpc) is 2.59. The Hall–Kier alpha value is -1.43. The number of aryl methyl sites for hydroxylation is 2. The number of benzene rings is 1. The average molecular weight is 348 g/mol. The highest BCUT2D eigenvalue weighted by molar-refractivity contribution is 5.78. The number of hydrogen-bond acceptors (Lipinski definition) is 4. The standard InChI is InChI=1S/C20H32N2O3/c1-15-5-6-18(13-16(15)2)17(3)21-20(24)14-22-9-7-19(8-10-22)25-12-4-11-23/h5-6,13,17,19,23H,4,7-12,14H2,1-3H3,(H,21,24). The summed E-state index contributed by atoms with van der Waals surface area (Å²) in [4.78, 5) is 14.5. The summed E-state index contributed by atoms with van der Waals surface area (Å²) in [7, 11) is 0. The Morgan fingerprint density at radius 3 is 2.68 bits per heavy atom. The van der Waals surface area contributed by atoms with Gasteiger partial charge in [0.1, 0.15) is 0 Å². The van der Waals surface area contributed by atoms with E-state index in [0.29, 0.717) is 19.6 Å². The first-order chi connectivity index (χ1) is 12.0. The monoisotopic (exact) mass is 348 g/mol. The van der Waals surface area contributed by atoms with Crippen LogP contribution >= 0.6 is 0 Å². The number of nitrogens with one attached hydrogen (secondary N) is 1. The third-order valence-corrected chi connectivity index (χ3v) is 4.97. The maximum absolute atomic E-state index is 12.3. The molecule has 5 heteroatoms. The minimum absolute atomic E-state index is 0.0196. The molecule has 2 rings (SSSR count). The molecular formula is C20H32N2O3. The van der Waals surface area contributed by atoms with Crippen LogP contribution in [-0.2, 0) is 9.53 Å². The number of rotatable bonds is 8. The number of aliphatic hydroxyl groups is 1. The molecule has 1 atom stereocenters. The van der Waals surface area contributed by atoms with Gasteiger partial charge in [-0.3, -0.25) is 9.69 Å². The minimum Gasteiger partial charge on any atom is -0.396 e. The maximum atomic E-state index is 12.3. The molecule has 1 fully saturated rings. The van der Waals surface area contributed by atoms with Gasteiger partial charge in [-0.2, -0.15) is 0 Å². The summed E-state index contributed by atoms with van der Waals surface area (Å²) < 4.78 is 5.73.